The van der Waals surface area contributed by atoms with Crippen molar-refractivity contribution < 1.29 is 13.2 Å². The summed E-state index contributed by atoms with van der Waals surface area (Å²) in [5.74, 6) is -0.484. The Morgan fingerprint density at radius 1 is 0.931 bits per heavy atom. The minimum absolute atomic E-state index is 0.00342. The molecule has 0 aliphatic heterocycles. The van der Waals surface area contributed by atoms with Crippen molar-refractivity contribution in [1.29, 1.82) is 15.8 Å². The van der Waals surface area contributed by atoms with Crippen molar-refractivity contribution in [1.82, 2.24) is 4.31 Å². The lowest BCUT2D eigenvalue weighted by Gasteiger charge is -2.20. The molecule has 0 aromatic heterocycles. The van der Waals surface area contributed by atoms with E-state index < -0.39 is 15.9 Å². The van der Waals surface area contributed by atoms with Crippen LogP contribution in [0.2, 0.25) is 0 Å². The van der Waals surface area contributed by atoms with E-state index in [1.54, 1.807) is 24.3 Å². The van der Waals surface area contributed by atoms with Gasteiger partial charge in [0.25, 0.3) is 5.91 Å². The zero-order chi connectivity index (χ0) is 21.3. The van der Waals surface area contributed by atoms with Gasteiger partial charge in [-0.15, -0.1) is 0 Å². The van der Waals surface area contributed by atoms with Crippen LogP contribution in [0.3, 0.4) is 0 Å². The SMILES string of the molecule is N#CCCN(CCC#N)S(=O)(=O)c1ccc(C(=O)Nc2ccccc2C#N)cc1. The van der Waals surface area contributed by atoms with Crippen LogP contribution in [0, 0.1) is 34.0 Å². The highest BCUT2D eigenvalue weighted by Gasteiger charge is 2.24. The van der Waals surface area contributed by atoms with E-state index in [9.17, 15) is 13.2 Å². The van der Waals surface area contributed by atoms with Gasteiger partial charge in [-0.3, -0.25) is 4.79 Å². The molecule has 0 atom stereocenters. The number of carbonyl (C=O) groups excluding carboxylic acids is 1. The molecule has 0 saturated carbocycles. The van der Waals surface area contributed by atoms with Crippen LogP contribution in [-0.4, -0.2) is 31.7 Å². The molecule has 0 radical (unpaired) electrons. The number of nitrogens with zero attached hydrogens (tertiary/aromatic N) is 4. The normalized spacial score (nSPS) is 10.6. The van der Waals surface area contributed by atoms with Crippen LogP contribution in [0.1, 0.15) is 28.8 Å². The number of anilines is 1. The molecule has 0 fully saturated rings. The fourth-order valence-electron chi connectivity index (χ4n) is 2.51. The topological polar surface area (TPSA) is 138 Å². The highest BCUT2D eigenvalue weighted by molar-refractivity contribution is 7.89. The molecule has 2 aromatic rings. The molecule has 146 valence electrons. The molecule has 2 rings (SSSR count). The third-order valence-electron chi connectivity index (χ3n) is 4.00. The third-order valence-corrected chi connectivity index (χ3v) is 5.91. The molecule has 0 saturated heterocycles. The van der Waals surface area contributed by atoms with Gasteiger partial charge in [0.05, 0.1) is 28.3 Å². The molecule has 0 bridgehead atoms. The molecule has 1 N–H and O–H groups in total. The van der Waals surface area contributed by atoms with E-state index in [4.69, 9.17) is 15.8 Å². The van der Waals surface area contributed by atoms with Crippen molar-refractivity contribution in [3.8, 4) is 18.2 Å². The van der Waals surface area contributed by atoms with Crippen molar-refractivity contribution in [3.05, 3.63) is 59.7 Å². The molecule has 0 spiro atoms. The number of hydrogen-bond donors (Lipinski definition) is 1. The summed E-state index contributed by atoms with van der Waals surface area (Å²) >= 11 is 0. The first kappa shape index (κ1) is 21.6. The summed E-state index contributed by atoms with van der Waals surface area (Å²) in [6.07, 6.45) is 0.00684. The Kier molecular flexibility index (Phi) is 7.45. The summed E-state index contributed by atoms with van der Waals surface area (Å²) in [6.45, 7) is -0.0403. The number of rotatable bonds is 8. The zero-order valence-corrected chi connectivity index (χ0v) is 16.2. The standard InChI is InChI=1S/C20H17N5O3S/c21-11-3-13-25(14-4-12-22)29(27,28)18-9-7-16(8-10-18)20(26)24-19-6-2-1-5-17(19)15-23/h1-2,5-10H,3-4,13-14H2,(H,24,26). The summed E-state index contributed by atoms with van der Waals surface area (Å²) in [5.41, 5.74) is 0.888. The molecule has 8 nitrogen and oxygen atoms in total. The largest absolute Gasteiger partial charge is 0.321 e. The minimum atomic E-state index is -3.90. The number of nitrogens with one attached hydrogen (secondary N) is 1. The van der Waals surface area contributed by atoms with E-state index in [-0.39, 0.29) is 36.4 Å². The predicted molar refractivity (Wildman–Crippen MR) is 105 cm³/mol. The second-order valence-corrected chi connectivity index (χ2v) is 7.79. The Hall–Kier alpha value is -3.71. The number of para-hydroxylation sites is 1. The van der Waals surface area contributed by atoms with Crippen molar-refractivity contribution in [2.45, 2.75) is 17.7 Å². The van der Waals surface area contributed by atoms with Crippen LogP contribution in [0.5, 0.6) is 0 Å². The van der Waals surface area contributed by atoms with Crippen LogP contribution in [-0.2, 0) is 10.0 Å². The van der Waals surface area contributed by atoms with Crippen molar-refractivity contribution in [2.75, 3.05) is 18.4 Å². The molecule has 29 heavy (non-hydrogen) atoms. The summed E-state index contributed by atoms with van der Waals surface area (Å²) < 4.78 is 26.6. The Morgan fingerprint density at radius 3 is 2.07 bits per heavy atom. The summed E-state index contributed by atoms with van der Waals surface area (Å²) in [4.78, 5) is 12.4. The van der Waals surface area contributed by atoms with Gasteiger partial charge in [0, 0.05) is 31.5 Å². The van der Waals surface area contributed by atoms with Gasteiger partial charge in [0.2, 0.25) is 10.0 Å². The van der Waals surface area contributed by atoms with E-state index in [0.29, 0.717) is 11.3 Å². The molecule has 0 unspecified atom stereocenters. The van der Waals surface area contributed by atoms with Gasteiger partial charge in [-0.2, -0.15) is 20.1 Å². The first-order valence-corrected chi connectivity index (χ1v) is 10.0. The van der Waals surface area contributed by atoms with Crippen molar-refractivity contribution in [2.24, 2.45) is 0 Å². The predicted octanol–water partition coefficient (Wildman–Crippen LogP) is 2.63. The Labute approximate surface area is 169 Å². The first-order valence-electron chi connectivity index (χ1n) is 8.58. The van der Waals surface area contributed by atoms with Gasteiger partial charge >= 0.3 is 0 Å². The van der Waals surface area contributed by atoms with Crippen LogP contribution < -0.4 is 5.32 Å². The van der Waals surface area contributed by atoms with Crippen LogP contribution >= 0.6 is 0 Å². The van der Waals surface area contributed by atoms with E-state index in [1.165, 1.54) is 24.3 Å². The zero-order valence-electron chi connectivity index (χ0n) is 15.4. The highest BCUT2D eigenvalue weighted by Crippen LogP contribution is 2.19. The number of benzene rings is 2. The minimum Gasteiger partial charge on any atom is -0.321 e. The highest BCUT2D eigenvalue weighted by atomic mass is 32.2. The molecule has 0 aliphatic rings. The molecule has 0 aliphatic carbocycles. The van der Waals surface area contributed by atoms with Crippen molar-refractivity contribution >= 4 is 21.6 Å². The fraction of sp³-hybridized carbons (Fsp3) is 0.200. The fourth-order valence-corrected chi connectivity index (χ4v) is 3.95. The van der Waals surface area contributed by atoms with Crippen LogP contribution in [0.25, 0.3) is 0 Å². The number of sulfonamides is 1. The lowest BCUT2D eigenvalue weighted by Crippen LogP contribution is -2.32. The summed E-state index contributed by atoms with van der Waals surface area (Å²) in [7, 11) is -3.90. The van der Waals surface area contributed by atoms with Gasteiger partial charge in [-0.25, -0.2) is 8.42 Å². The van der Waals surface area contributed by atoms with Crippen LogP contribution in [0.4, 0.5) is 5.69 Å². The average molecular weight is 407 g/mol. The lowest BCUT2D eigenvalue weighted by molar-refractivity contribution is 0.102. The number of hydrogen-bond acceptors (Lipinski definition) is 6. The van der Waals surface area contributed by atoms with E-state index in [2.05, 4.69) is 5.32 Å². The van der Waals surface area contributed by atoms with Gasteiger partial charge in [-0.05, 0) is 36.4 Å². The van der Waals surface area contributed by atoms with Gasteiger partial charge < -0.3 is 5.32 Å². The van der Waals surface area contributed by atoms with Gasteiger partial charge in [-0.1, -0.05) is 12.1 Å². The van der Waals surface area contributed by atoms with E-state index >= 15 is 0 Å². The maximum Gasteiger partial charge on any atom is 0.255 e. The number of carbonyl (C=O) groups is 1. The Balaban J connectivity index is 2.21. The average Bonchev–Trinajstić information content (AvgIpc) is 2.74. The molecular formula is C20H17N5O3S. The maximum absolute atomic E-state index is 12.8. The lowest BCUT2D eigenvalue weighted by atomic mass is 10.1. The Bertz CT molecular complexity index is 1090. The first-order chi connectivity index (χ1) is 13.9. The number of amides is 1. The van der Waals surface area contributed by atoms with Crippen molar-refractivity contribution in [3.63, 3.8) is 0 Å². The molecule has 9 heteroatoms. The third kappa shape index (κ3) is 5.40. The Morgan fingerprint density at radius 2 is 1.52 bits per heavy atom. The molecule has 0 heterocycles. The molecule has 1 amide bonds. The second kappa shape index (κ2) is 10.0. The van der Waals surface area contributed by atoms with E-state index in [1.807, 2.05) is 18.2 Å². The maximum atomic E-state index is 12.8. The van der Waals surface area contributed by atoms with Gasteiger partial charge in [0.1, 0.15) is 6.07 Å². The number of nitriles is 3. The molecular weight excluding hydrogens is 390 g/mol. The summed E-state index contributed by atoms with van der Waals surface area (Å²) in [5, 5.41) is 29.2. The monoisotopic (exact) mass is 407 g/mol. The molecule has 2 aromatic carbocycles. The summed E-state index contributed by atoms with van der Waals surface area (Å²) in [6, 6.07) is 17.6. The van der Waals surface area contributed by atoms with E-state index in [0.717, 1.165) is 4.31 Å². The van der Waals surface area contributed by atoms with Gasteiger partial charge in [0.15, 0.2) is 0 Å². The quantitative estimate of drug-likeness (QED) is 0.714. The van der Waals surface area contributed by atoms with Crippen LogP contribution in [0.15, 0.2) is 53.4 Å². The second-order valence-electron chi connectivity index (χ2n) is 5.86. The smallest absolute Gasteiger partial charge is 0.255 e.